The van der Waals surface area contributed by atoms with Gasteiger partial charge in [-0.25, -0.2) is 0 Å². The van der Waals surface area contributed by atoms with E-state index in [1.807, 2.05) is 0 Å². The molecule has 0 aromatic heterocycles. The number of nitrogens with one attached hydrogen (secondary N) is 1. The molecule has 0 aliphatic carbocycles. The minimum absolute atomic E-state index is 0.0713. The Balaban J connectivity index is 1.55. The molecule has 0 atom stereocenters. The summed E-state index contributed by atoms with van der Waals surface area (Å²) in [6.45, 7) is -0.361. The van der Waals surface area contributed by atoms with Gasteiger partial charge in [-0.3, -0.25) is 19.3 Å². The zero-order valence-electron chi connectivity index (χ0n) is 14.6. The maximum absolute atomic E-state index is 12.5. The van der Waals surface area contributed by atoms with Crippen molar-refractivity contribution in [3.8, 4) is 0 Å². The number of rotatable bonds is 5. The monoisotopic (exact) mass is 444 g/mol. The Labute approximate surface area is 173 Å². The highest BCUT2D eigenvalue weighted by Crippen LogP contribution is 2.31. The first kappa shape index (κ1) is 21.1. The Bertz CT molecular complexity index is 950. The first-order valence-electron chi connectivity index (χ1n) is 8.36. The van der Waals surface area contributed by atoms with Crippen LogP contribution in [0.1, 0.15) is 31.8 Å². The second-order valence-electron chi connectivity index (χ2n) is 6.30. The standard InChI is InChI=1S/C19H13Cl2F3N2O3/c20-14-7-12-13(8-15(14)21)18(29)26(17(12)28)9-16(27)25-6-5-10-1-3-11(4-2-10)19(22,23)24/h1-4,7-8H,5-6,9H2,(H,25,27). The number of hydrogen-bond donors (Lipinski definition) is 1. The van der Waals surface area contributed by atoms with Gasteiger partial charge in [-0.15, -0.1) is 0 Å². The van der Waals surface area contributed by atoms with Gasteiger partial charge in [0.1, 0.15) is 6.54 Å². The predicted octanol–water partition coefficient (Wildman–Crippen LogP) is 3.97. The van der Waals surface area contributed by atoms with Gasteiger partial charge >= 0.3 is 6.18 Å². The molecule has 0 fully saturated rings. The lowest BCUT2D eigenvalue weighted by Gasteiger charge is -2.13. The number of alkyl halides is 3. The van der Waals surface area contributed by atoms with Gasteiger partial charge in [-0.1, -0.05) is 35.3 Å². The first-order valence-corrected chi connectivity index (χ1v) is 9.11. The van der Waals surface area contributed by atoms with E-state index < -0.39 is 36.0 Å². The number of nitrogens with zero attached hydrogens (tertiary/aromatic N) is 1. The number of amides is 3. The molecule has 152 valence electrons. The minimum atomic E-state index is -4.41. The van der Waals surface area contributed by atoms with E-state index in [9.17, 15) is 27.6 Å². The van der Waals surface area contributed by atoms with Crippen LogP contribution in [0.15, 0.2) is 36.4 Å². The molecule has 1 aliphatic rings. The van der Waals surface area contributed by atoms with Crippen molar-refractivity contribution in [2.45, 2.75) is 12.6 Å². The highest BCUT2D eigenvalue weighted by molar-refractivity contribution is 6.43. The zero-order valence-corrected chi connectivity index (χ0v) is 16.2. The van der Waals surface area contributed by atoms with Gasteiger partial charge in [0.25, 0.3) is 11.8 Å². The van der Waals surface area contributed by atoms with Crippen LogP contribution >= 0.6 is 23.2 Å². The number of benzene rings is 2. The van der Waals surface area contributed by atoms with Crippen LogP contribution in [-0.4, -0.2) is 35.7 Å². The number of imide groups is 1. The molecular formula is C19H13Cl2F3N2O3. The highest BCUT2D eigenvalue weighted by Gasteiger charge is 2.37. The minimum Gasteiger partial charge on any atom is -0.354 e. The first-order chi connectivity index (χ1) is 13.6. The summed E-state index contributed by atoms with van der Waals surface area (Å²) in [4.78, 5) is 37.6. The fourth-order valence-electron chi connectivity index (χ4n) is 2.83. The topological polar surface area (TPSA) is 66.5 Å². The van der Waals surface area contributed by atoms with Crippen LogP contribution in [0.5, 0.6) is 0 Å². The molecule has 0 bridgehead atoms. The van der Waals surface area contributed by atoms with Crippen molar-refractivity contribution in [2.75, 3.05) is 13.1 Å². The van der Waals surface area contributed by atoms with Gasteiger partial charge in [0.15, 0.2) is 0 Å². The van der Waals surface area contributed by atoms with Crippen molar-refractivity contribution in [1.82, 2.24) is 10.2 Å². The Morgan fingerprint density at radius 3 is 1.97 bits per heavy atom. The lowest BCUT2D eigenvalue weighted by atomic mass is 10.1. The van der Waals surface area contributed by atoms with E-state index in [-0.39, 0.29) is 34.1 Å². The summed E-state index contributed by atoms with van der Waals surface area (Å²) in [6, 6.07) is 7.14. The van der Waals surface area contributed by atoms with Gasteiger partial charge in [-0.2, -0.15) is 13.2 Å². The molecule has 1 aliphatic heterocycles. The fraction of sp³-hybridized carbons (Fsp3) is 0.211. The zero-order chi connectivity index (χ0) is 21.3. The van der Waals surface area contributed by atoms with E-state index in [0.29, 0.717) is 5.56 Å². The summed E-state index contributed by atoms with van der Waals surface area (Å²) in [5.41, 5.74) is -0.0108. The molecule has 1 heterocycles. The molecule has 10 heteroatoms. The van der Waals surface area contributed by atoms with Crippen LogP contribution in [0.2, 0.25) is 10.0 Å². The maximum Gasteiger partial charge on any atom is 0.416 e. The van der Waals surface area contributed by atoms with E-state index in [4.69, 9.17) is 23.2 Å². The van der Waals surface area contributed by atoms with Crippen LogP contribution in [-0.2, 0) is 17.4 Å². The second kappa shape index (κ2) is 8.04. The SMILES string of the molecule is O=C(CN1C(=O)c2cc(Cl)c(Cl)cc2C1=O)NCCc1ccc(C(F)(F)F)cc1. The quantitative estimate of drug-likeness (QED) is 0.709. The van der Waals surface area contributed by atoms with E-state index in [0.717, 1.165) is 17.0 Å². The lowest BCUT2D eigenvalue weighted by Crippen LogP contribution is -2.40. The number of fused-ring (bicyclic) bond motifs is 1. The van der Waals surface area contributed by atoms with Crippen LogP contribution in [0, 0.1) is 0 Å². The third-order valence-electron chi connectivity index (χ3n) is 4.33. The number of halogens is 5. The van der Waals surface area contributed by atoms with Crippen LogP contribution in [0.3, 0.4) is 0 Å². The molecule has 0 radical (unpaired) electrons. The van der Waals surface area contributed by atoms with Crippen molar-refractivity contribution in [3.63, 3.8) is 0 Å². The molecule has 3 rings (SSSR count). The fourth-order valence-corrected chi connectivity index (χ4v) is 3.16. The smallest absolute Gasteiger partial charge is 0.354 e. The molecule has 0 saturated carbocycles. The number of hydrogen-bond acceptors (Lipinski definition) is 3. The Kier molecular flexibility index (Phi) is 5.86. The molecule has 29 heavy (non-hydrogen) atoms. The van der Waals surface area contributed by atoms with E-state index in [2.05, 4.69) is 5.32 Å². The average Bonchev–Trinajstić information content (AvgIpc) is 2.86. The molecule has 5 nitrogen and oxygen atoms in total. The summed E-state index contributed by atoms with van der Waals surface area (Å²) in [7, 11) is 0. The van der Waals surface area contributed by atoms with Crippen LogP contribution < -0.4 is 5.32 Å². The van der Waals surface area contributed by atoms with Gasteiger partial charge in [-0.05, 0) is 36.2 Å². The Morgan fingerprint density at radius 2 is 1.48 bits per heavy atom. The molecule has 3 amide bonds. The van der Waals surface area contributed by atoms with Crippen molar-refractivity contribution in [3.05, 3.63) is 68.7 Å². The molecule has 0 spiro atoms. The Hall–Kier alpha value is -2.58. The van der Waals surface area contributed by atoms with Crippen molar-refractivity contribution in [1.29, 1.82) is 0 Å². The third-order valence-corrected chi connectivity index (χ3v) is 5.05. The summed E-state index contributed by atoms with van der Waals surface area (Å²) in [5.74, 6) is -1.88. The summed E-state index contributed by atoms with van der Waals surface area (Å²) < 4.78 is 37.6. The third kappa shape index (κ3) is 4.54. The molecule has 2 aromatic rings. The molecule has 0 unspecified atom stereocenters. The highest BCUT2D eigenvalue weighted by atomic mass is 35.5. The summed E-state index contributed by atoms with van der Waals surface area (Å²) in [5, 5.41) is 2.77. The summed E-state index contributed by atoms with van der Waals surface area (Å²) in [6.07, 6.45) is -4.12. The number of carbonyl (C=O) groups is 3. The molecular weight excluding hydrogens is 432 g/mol. The van der Waals surface area contributed by atoms with E-state index in [1.165, 1.54) is 24.3 Å². The van der Waals surface area contributed by atoms with Crippen molar-refractivity contribution in [2.24, 2.45) is 0 Å². The van der Waals surface area contributed by atoms with Crippen molar-refractivity contribution < 1.29 is 27.6 Å². The maximum atomic E-state index is 12.5. The molecule has 2 aromatic carbocycles. The molecule has 0 saturated heterocycles. The van der Waals surface area contributed by atoms with E-state index in [1.54, 1.807) is 0 Å². The normalized spacial score (nSPS) is 13.6. The second-order valence-corrected chi connectivity index (χ2v) is 7.12. The van der Waals surface area contributed by atoms with Crippen molar-refractivity contribution >= 4 is 40.9 Å². The summed E-state index contributed by atoms with van der Waals surface area (Å²) >= 11 is 11.7. The van der Waals surface area contributed by atoms with Gasteiger partial charge in [0.05, 0.1) is 26.7 Å². The van der Waals surface area contributed by atoms with Gasteiger partial charge in [0.2, 0.25) is 5.91 Å². The Morgan fingerprint density at radius 1 is 0.966 bits per heavy atom. The number of carbonyl (C=O) groups excluding carboxylic acids is 3. The van der Waals surface area contributed by atoms with Gasteiger partial charge < -0.3 is 5.32 Å². The predicted molar refractivity (Wildman–Crippen MR) is 100.0 cm³/mol. The van der Waals surface area contributed by atoms with Gasteiger partial charge in [0, 0.05) is 6.54 Å². The lowest BCUT2D eigenvalue weighted by molar-refractivity contribution is -0.137. The van der Waals surface area contributed by atoms with Crippen LogP contribution in [0.4, 0.5) is 13.2 Å². The average molecular weight is 445 g/mol. The largest absolute Gasteiger partial charge is 0.416 e. The molecule has 1 N–H and O–H groups in total. The van der Waals surface area contributed by atoms with Crippen LogP contribution in [0.25, 0.3) is 0 Å². The van der Waals surface area contributed by atoms with E-state index >= 15 is 0 Å².